The molecule has 0 amide bonds. The Bertz CT molecular complexity index is 542. The Hall–Kier alpha value is -1.39. The van der Waals surface area contributed by atoms with E-state index in [1.165, 1.54) is 44.6 Å². The van der Waals surface area contributed by atoms with Crippen LogP contribution in [0.25, 0.3) is 0 Å². The second-order valence-corrected chi connectivity index (χ2v) is 7.47. The summed E-state index contributed by atoms with van der Waals surface area (Å²) >= 11 is 0. The third-order valence-corrected chi connectivity index (χ3v) is 5.54. The van der Waals surface area contributed by atoms with Gasteiger partial charge in [0.25, 0.3) is 0 Å². The van der Waals surface area contributed by atoms with Crippen molar-refractivity contribution >= 4 is 11.5 Å². The molecule has 0 saturated carbocycles. The normalized spacial score (nSPS) is 20.8. The molecule has 2 heterocycles. The van der Waals surface area contributed by atoms with Crippen molar-refractivity contribution in [2.45, 2.75) is 58.2 Å². The van der Waals surface area contributed by atoms with Crippen molar-refractivity contribution < 1.29 is 9.53 Å². The van der Waals surface area contributed by atoms with E-state index < -0.39 is 0 Å². The lowest BCUT2D eigenvalue weighted by Crippen LogP contribution is -2.42. The highest BCUT2D eigenvalue weighted by atomic mass is 16.5. The lowest BCUT2D eigenvalue weighted by atomic mass is 10.0. The Labute approximate surface area is 152 Å². The number of hydrogen-bond donors (Lipinski definition) is 0. The van der Waals surface area contributed by atoms with Crippen molar-refractivity contribution in [1.82, 2.24) is 4.90 Å². The van der Waals surface area contributed by atoms with Gasteiger partial charge in [-0.25, -0.2) is 0 Å². The number of anilines is 1. The maximum atomic E-state index is 11.4. The Kier molecular flexibility index (Phi) is 6.49. The molecule has 0 bridgehead atoms. The summed E-state index contributed by atoms with van der Waals surface area (Å²) in [6.45, 7) is 9.57. The second kappa shape index (κ2) is 8.81. The Morgan fingerprint density at radius 3 is 2.08 bits per heavy atom. The van der Waals surface area contributed by atoms with Crippen LogP contribution in [0.2, 0.25) is 0 Å². The molecule has 1 aromatic carbocycles. The number of piperidine rings is 2. The average Bonchev–Trinajstić information content (AvgIpc) is 2.64. The fourth-order valence-corrected chi connectivity index (χ4v) is 4.01. The number of likely N-dealkylation sites (tertiary alicyclic amines) is 1. The Balaban J connectivity index is 1.42. The Morgan fingerprint density at radius 1 is 1.00 bits per heavy atom. The summed E-state index contributed by atoms with van der Waals surface area (Å²) in [6, 6.07) is 8.01. The Morgan fingerprint density at radius 2 is 1.56 bits per heavy atom. The number of rotatable bonds is 6. The molecule has 138 valence electrons. The van der Waals surface area contributed by atoms with Crippen LogP contribution in [-0.2, 0) is 4.74 Å². The van der Waals surface area contributed by atoms with Crippen LogP contribution in [0, 0.1) is 0 Å². The summed E-state index contributed by atoms with van der Waals surface area (Å²) in [6.07, 6.45) is 6.69. The third kappa shape index (κ3) is 5.05. The molecule has 3 rings (SSSR count). The van der Waals surface area contributed by atoms with E-state index in [1.54, 1.807) is 6.92 Å². The van der Waals surface area contributed by atoms with Gasteiger partial charge in [-0.3, -0.25) is 4.79 Å². The van der Waals surface area contributed by atoms with E-state index in [-0.39, 0.29) is 5.78 Å². The molecule has 2 aliphatic rings. The van der Waals surface area contributed by atoms with Gasteiger partial charge in [0.1, 0.15) is 0 Å². The number of nitrogens with zero attached hydrogens (tertiary/aromatic N) is 2. The van der Waals surface area contributed by atoms with Gasteiger partial charge in [0.05, 0.1) is 12.2 Å². The molecule has 4 nitrogen and oxygen atoms in total. The number of benzene rings is 1. The third-order valence-electron chi connectivity index (χ3n) is 5.54. The molecule has 1 aromatic rings. The van der Waals surface area contributed by atoms with Gasteiger partial charge in [-0.15, -0.1) is 0 Å². The number of ketones is 1. The molecule has 0 spiro atoms. The average molecular weight is 344 g/mol. The van der Waals surface area contributed by atoms with Crippen molar-refractivity contribution in [1.29, 1.82) is 0 Å². The van der Waals surface area contributed by atoms with Crippen LogP contribution in [0.1, 0.15) is 56.3 Å². The van der Waals surface area contributed by atoms with Gasteiger partial charge >= 0.3 is 0 Å². The zero-order valence-corrected chi connectivity index (χ0v) is 15.7. The molecule has 2 fully saturated rings. The fraction of sp³-hybridized carbons (Fsp3) is 0.667. The smallest absolute Gasteiger partial charge is 0.159 e. The maximum absolute atomic E-state index is 11.4. The summed E-state index contributed by atoms with van der Waals surface area (Å²) < 4.78 is 6.40. The van der Waals surface area contributed by atoms with Crippen LogP contribution < -0.4 is 4.90 Å². The van der Waals surface area contributed by atoms with Crippen LogP contribution >= 0.6 is 0 Å². The van der Waals surface area contributed by atoms with Crippen molar-refractivity contribution in [3.63, 3.8) is 0 Å². The van der Waals surface area contributed by atoms with E-state index in [0.717, 1.165) is 31.5 Å². The molecule has 0 radical (unpaired) electrons. The first-order valence-corrected chi connectivity index (χ1v) is 9.89. The van der Waals surface area contributed by atoms with Crippen LogP contribution in [0.3, 0.4) is 0 Å². The summed E-state index contributed by atoms with van der Waals surface area (Å²) in [5, 5.41) is 0. The lowest BCUT2D eigenvalue weighted by Gasteiger charge is -2.37. The first-order valence-electron chi connectivity index (χ1n) is 9.89. The van der Waals surface area contributed by atoms with E-state index in [1.807, 2.05) is 12.1 Å². The van der Waals surface area contributed by atoms with Gasteiger partial charge in [0, 0.05) is 37.4 Å². The number of carbonyl (C=O) groups excluding carboxylic acids is 1. The molecule has 25 heavy (non-hydrogen) atoms. The molecule has 0 unspecified atom stereocenters. The second-order valence-electron chi connectivity index (χ2n) is 7.47. The van der Waals surface area contributed by atoms with E-state index in [0.29, 0.717) is 12.2 Å². The monoisotopic (exact) mass is 344 g/mol. The predicted octanol–water partition coefficient (Wildman–Crippen LogP) is 3.75. The lowest BCUT2D eigenvalue weighted by molar-refractivity contribution is -0.0508. The van der Waals surface area contributed by atoms with Gasteiger partial charge in [-0.1, -0.05) is 6.92 Å². The van der Waals surface area contributed by atoms with Crippen molar-refractivity contribution in [2.24, 2.45) is 0 Å². The van der Waals surface area contributed by atoms with Crippen LogP contribution in [0.4, 0.5) is 5.69 Å². The van der Waals surface area contributed by atoms with Crippen molar-refractivity contribution in [3.05, 3.63) is 29.8 Å². The van der Waals surface area contributed by atoms with E-state index in [4.69, 9.17) is 4.74 Å². The van der Waals surface area contributed by atoms with Gasteiger partial charge in [0.15, 0.2) is 5.78 Å². The molecule has 0 atom stereocenters. The van der Waals surface area contributed by atoms with Crippen LogP contribution in [-0.4, -0.2) is 55.6 Å². The number of hydrogen-bond acceptors (Lipinski definition) is 4. The molecule has 4 heteroatoms. The first-order chi connectivity index (χ1) is 12.2. The van der Waals surface area contributed by atoms with Crippen LogP contribution in [0.5, 0.6) is 0 Å². The highest BCUT2D eigenvalue weighted by Crippen LogP contribution is 2.24. The maximum Gasteiger partial charge on any atom is 0.159 e. The van der Waals surface area contributed by atoms with Crippen LogP contribution in [0.15, 0.2) is 24.3 Å². The zero-order chi connectivity index (χ0) is 17.6. The minimum Gasteiger partial charge on any atom is -0.375 e. The largest absolute Gasteiger partial charge is 0.375 e. The minimum atomic E-state index is 0.128. The van der Waals surface area contributed by atoms with Gasteiger partial charge in [-0.05, 0) is 69.8 Å². The first kappa shape index (κ1) is 18.4. The summed E-state index contributed by atoms with van der Waals surface area (Å²) in [5.41, 5.74) is 2.01. The summed E-state index contributed by atoms with van der Waals surface area (Å²) in [5.74, 6) is 0.128. The molecule has 2 aliphatic heterocycles. The molecule has 0 N–H and O–H groups in total. The van der Waals surface area contributed by atoms with Gasteiger partial charge < -0.3 is 14.5 Å². The minimum absolute atomic E-state index is 0.128. The molecular formula is C21H32N2O2. The standard InChI is InChI=1S/C21H32N2O2/c1-3-12-22-13-8-20(9-14-22)25-21-10-15-23(16-11-21)19-6-4-18(5-7-19)17(2)24/h4-7,20-21H,3,8-16H2,1-2H3. The number of carbonyl (C=O) groups is 1. The van der Waals surface area contributed by atoms with E-state index in [2.05, 4.69) is 28.9 Å². The number of Topliss-reactive ketones (excluding diaryl/α,β-unsaturated/α-hetero) is 1. The number of ether oxygens (including phenoxy) is 1. The van der Waals surface area contributed by atoms with Crippen molar-refractivity contribution in [3.8, 4) is 0 Å². The molecule has 2 saturated heterocycles. The quantitative estimate of drug-likeness (QED) is 0.736. The summed E-state index contributed by atoms with van der Waals surface area (Å²) in [7, 11) is 0. The summed E-state index contributed by atoms with van der Waals surface area (Å²) in [4.78, 5) is 16.4. The fourth-order valence-electron chi connectivity index (χ4n) is 4.01. The van der Waals surface area contributed by atoms with Crippen molar-refractivity contribution in [2.75, 3.05) is 37.6 Å². The molecule has 0 aliphatic carbocycles. The molecular weight excluding hydrogens is 312 g/mol. The van der Waals surface area contributed by atoms with E-state index >= 15 is 0 Å². The SMILES string of the molecule is CCCN1CCC(OC2CCN(c3ccc(C(C)=O)cc3)CC2)CC1. The highest BCUT2D eigenvalue weighted by Gasteiger charge is 2.25. The molecule has 0 aromatic heterocycles. The zero-order valence-electron chi connectivity index (χ0n) is 15.7. The predicted molar refractivity (Wildman–Crippen MR) is 103 cm³/mol. The van der Waals surface area contributed by atoms with E-state index in [9.17, 15) is 4.79 Å². The topological polar surface area (TPSA) is 32.8 Å². The highest BCUT2D eigenvalue weighted by molar-refractivity contribution is 5.94. The van der Waals surface area contributed by atoms with Gasteiger partial charge in [-0.2, -0.15) is 0 Å². The van der Waals surface area contributed by atoms with Gasteiger partial charge in [0.2, 0.25) is 0 Å².